The van der Waals surface area contributed by atoms with Crippen LogP contribution in [0.2, 0.25) is 0 Å². The number of phenols is 1. The summed E-state index contributed by atoms with van der Waals surface area (Å²) < 4.78 is 14.1. The highest BCUT2D eigenvalue weighted by molar-refractivity contribution is 7.14. The fraction of sp³-hybridized carbons (Fsp3) is 0.0500. The summed E-state index contributed by atoms with van der Waals surface area (Å²) in [6.45, 7) is 1.33. The third-order valence-corrected chi connectivity index (χ3v) is 4.49. The summed E-state index contributed by atoms with van der Waals surface area (Å²) >= 11 is 1.16. The van der Waals surface area contributed by atoms with Gasteiger partial charge in [0, 0.05) is 17.9 Å². The molecule has 0 aliphatic carbocycles. The highest BCUT2D eigenvalue weighted by Crippen LogP contribution is 2.31. The first kappa shape index (κ1) is 18.5. The Labute approximate surface area is 159 Å². The number of thiazole rings is 1. The quantitative estimate of drug-likeness (QED) is 0.518. The number of allylic oxidation sites excluding steroid dienone is 1. The fourth-order valence-corrected chi connectivity index (χ4v) is 3.26. The molecule has 2 aromatic carbocycles. The van der Waals surface area contributed by atoms with Gasteiger partial charge in [-0.2, -0.15) is 0 Å². The van der Waals surface area contributed by atoms with E-state index < -0.39 is 5.82 Å². The van der Waals surface area contributed by atoms with E-state index in [0.717, 1.165) is 11.3 Å². The molecule has 0 aliphatic rings. The van der Waals surface area contributed by atoms with E-state index in [2.05, 4.69) is 4.98 Å². The average molecular weight is 382 g/mol. The van der Waals surface area contributed by atoms with Crippen LogP contribution in [0.5, 0.6) is 5.75 Å². The third kappa shape index (κ3) is 4.27. The summed E-state index contributed by atoms with van der Waals surface area (Å²) in [5, 5.41) is 11.4. The minimum absolute atomic E-state index is 0.00665. The number of hydrogen-bond donors (Lipinski definition) is 1. The third-order valence-electron chi connectivity index (χ3n) is 3.65. The van der Waals surface area contributed by atoms with Crippen molar-refractivity contribution >= 4 is 39.9 Å². The molecule has 0 unspecified atom stereocenters. The topological polar surface area (TPSA) is 70.5 Å². The number of aromatic nitrogens is 1. The summed E-state index contributed by atoms with van der Waals surface area (Å²) in [7, 11) is 0. The van der Waals surface area contributed by atoms with Crippen LogP contribution in [0.15, 0.2) is 60.0 Å². The fourth-order valence-electron chi connectivity index (χ4n) is 2.41. The molecule has 0 fully saturated rings. The maximum absolute atomic E-state index is 14.1. The molecule has 1 heterocycles. The second-order valence-electron chi connectivity index (χ2n) is 5.61. The van der Waals surface area contributed by atoms with Crippen LogP contribution in [-0.4, -0.2) is 21.8 Å². The van der Waals surface area contributed by atoms with Gasteiger partial charge in [0.05, 0.1) is 11.4 Å². The normalized spacial score (nSPS) is 10.9. The molecule has 0 saturated heterocycles. The predicted molar refractivity (Wildman–Crippen MR) is 103 cm³/mol. The van der Waals surface area contributed by atoms with Crippen molar-refractivity contribution < 1.29 is 19.1 Å². The van der Waals surface area contributed by atoms with Crippen LogP contribution in [0, 0.1) is 5.82 Å². The number of hydrogen-bond acceptors (Lipinski definition) is 5. The lowest BCUT2D eigenvalue weighted by atomic mass is 10.1. The minimum Gasteiger partial charge on any atom is -0.508 e. The number of benzene rings is 2. The van der Waals surface area contributed by atoms with Gasteiger partial charge >= 0.3 is 0 Å². The highest BCUT2D eigenvalue weighted by atomic mass is 32.1. The standard InChI is InChI=1S/C20H15FN2O3S/c1-13(24)23(18-8-3-2-7-17(18)21)20-22-15(12-27-20)9-10-19(26)14-5-4-6-16(25)11-14/h2-12,25H,1H3/b10-9+. The number of amides is 1. The van der Waals surface area contributed by atoms with Crippen molar-refractivity contribution in [2.24, 2.45) is 0 Å². The number of ketones is 1. The summed E-state index contributed by atoms with van der Waals surface area (Å²) in [5.74, 6) is -1.19. The molecule has 0 aliphatic heterocycles. The number of para-hydroxylation sites is 1. The van der Waals surface area contributed by atoms with Crippen LogP contribution < -0.4 is 4.90 Å². The SMILES string of the molecule is CC(=O)N(c1nc(/C=C/C(=O)c2cccc(O)c2)cs1)c1ccccc1F. The lowest BCUT2D eigenvalue weighted by molar-refractivity contribution is -0.115. The van der Waals surface area contributed by atoms with Crippen molar-refractivity contribution in [3.63, 3.8) is 0 Å². The van der Waals surface area contributed by atoms with Gasteiger partial charge in [0.15, 0.2) is 10.9 Å². The average Bonchev–Trinajstić information content (AvgIpc) is 3.09. The molecule has 3 aromatic rings. The Morgan fingerprint density at radius 2 is 1.96 bits per heavy atom. The molecule has 0 saturated carbocycles. The van der Waals surface area contributed by atoms with Crippen LogP contribution >= 0.6 is 11.3 Å². The van der Waals surface area contributed by atoms with E-state index in [1.54, 1.807) is 29.6 Å². The van der Waals surface area contributed by atoms with Crippen LogP contribution in [0.25, 0.3) is 6.08 Å². The maximum Gasteiger partial charge on any atom is 0.230 e. The van der Waals surface area contributed by atoms with E-state index in [1.165, 1.54) is 48.2 Å². The Bertz CT molecular complexity index is 1030. The van der Waals surface area contributed by atoms with E-state index in [0.29, 0.717) is 16.4 Å². The lowest BCUT2D eigenvalue weighted by Gasteiger charge is -2.18. The number of anilines is 2. The molecule has 1 N–H and O–H groups in total. The van der Waals surface area contributed by atoms with Gasteiger partial charge in [-0.05, 0) is 36.4 Å². The van der Waals surface area contributed by atoms with Crippen LogP contribution in [0.3, 0.4) is 0 Å². The predicted octanol–water partition coefficient (Wildman–Crippen LogP) is 4.57. The lowest BCUT2D eigenvalue weighted by Crippen LogP contribution is -2.23. The number of carbonyl (C=O) groups is 2. The van der Waals surface area contributed by atoms with Gasteiger partial charge < -0.3 is 5.11 Å². The zero-order chi connectivity index (χ0) is 19.4. The van der Waals surface area contributed by atoms with Gasteiger partial charge in [-0.15, -0.1) is 11.3 Å². The molecule has 27 heavy (non-hydrogen) atoms. The van der Waals surface area contributed by atoms with E-state index in [4.69, 9.17) is 0 Å². The number of carbonyl (C=O) groups excluding carboxylic acids is 2. The van der Waals surface area contributed by atoms with Crippen molar-refractivity contribution in [3.05, 3.63) is 77.1 Å². The summed E-state index contributed by atoms with van der Waals surface area (Å²) in [6.07, 6.45) is 2.83. The second-order valence-corrected chi connectivity index (χ2v) is 6.45. The first-order valence-corrected chi connectivity index (χ1v) is 8.86. The molecule has 0 spiro atoms. The van der Waals surface area contributed by atoms with Gasteiger partial charge in [0.1, 0.15) is 11.6 Å². The summed E-state index contributed by atoms with van der Waals surface area (Å²) in [4.78, 5) is 29.7. The number of phenolic OH excluding ortho intramolecular Hbond substituents is 1. The minimum atomic E-state index is -0.529. The molecule has 0 bridgehead atoms. The van der Waals surface area contributed by atoms with Crippen LogP contribution in [0.4, 0.5) is 15.2 Å². The second kappa shape index (κ2) is 7.92. The zero-order valence-electron chi connectivity index (χ0n) is 14.3. The zero-order valence-corrected chi connectivity index (χ0v) is 15.1. The maximum atomic E-state index is 14.1. The molecule has 136 valence electrons. The number of aromatic hydroxyl groups is 1. The Morgan fingerprint density at radius 3 is 2.67 bits per heavy atom. The molecule has 0 radical (unpaired) electrons. The van der Waals surface area contributed by atoms with E-state index in [9.17, 15) is 19.1 Å². The van der Waals surface area contributed by atoms with Gasteiger partial charge in [-0.25, -0.2) is 9.37 Å². The summed E-state index contributed by atoms with van der Waals surface area (Å²) in [6, 6.07) is 12.0. The van der Waals surface area contributed by atoms with Crippen molar-refractivity contribution in [1.82, 2.24) is 4.98 Å². The van der Waals surface area contributed by atoms with Gasteiger partial charge in [-0.3, -0.25) is 14.5 Å². The van der Waals surface area contributed by atoms with Crippen molar-refractivity contribution in [3.8, 4) is 5.75 Å². The molecule has 1 aromatic heterocycles. The Kier molecular flexibility index (Phi) is 5.42. The Balaban J connectivity index is 1.84. The van der Waals surface area contributed by atoms with Gasteiger partial charge in [-0.1, -0.05) is 24.3 Å². The Hall–Kier alpha value is -3.32. The molecule has 1 amide bonds. The number of rotatable bonds is 5. The summed E-state index contributed by atoms with van der Waals surface area (Å²) in [5.41, 5.74) is 0.926. The largest absolute Gasteiger partial charge is 0.508 e. The number of halogens is 1. The van der Waals surface area contributed by atoms with Crippen molar-refractivity contribution in [1.29, 1.82) is 0 Å². The molecular formula is C20H15FN2O3S. The van der Waals surface area contributed by atoms with E-state index >= 15 is 0 Å². The molecule has 7 heteroatoms. The first-order chi connectivity index (χ1) is 13.0. The Morgan fingerprint density at radius 1 is 1.19 bits per heavy atom. The molecule has 3 rings (SSSR count). The van der Waals surface area contributed by atoms with Crippen molar-refractivity contribution in [2.45, 2.75) is 6.92 Å². The first-order valence-electron chi connectivity index (χ1n) is 7.98. The highest BCUT2D eigenvalue weighted by Gasteiger charge is 2.20. The van der Waals surface area contributed by atoms with Crippen LogP contribution in [0.1, 0.15) is 23.0 Å². The van der Waals surface area contributed by atoms with E-state index in [1.807, 2.05) is 0 Å². The molecule has 0 atom stereocenters. The number of nitrogens with zero attached hydrogens (tertiary/aromatic N) is 2. The van der Waals surface area contributed by atoms with E-state index in [-0.39, 0.29) is 23.1 Å². The monoisotopic (exact) mass is 382 g/mol. The van der Waals surface area contributed by atoms with Gasteiger partial charge in [0.2, 0.25) is 5.91 Å². The molecule has 5 nitrogen and oxygen atoms in total. The molecular weight excluding hydrogens is 367 g/mol. The van der Waals surface area contributed by atoms with Gasteiger partial charge in [0.25, 0.3) is 0 Å². The van der Waals surface area contributed by atoms with Crippen molar-refractivity contribution in [2.75, 3.05) is 4.90 Å². The smallest absolute Gasteiger partial charge is 0.230 e. The van der Waals surface area contributed by atoms with Crippen LogP contribution in [-0.2, 0) is 4.79 Å².